The minimum Gasteiger partial charge on any atom is -0.480 e. The summed E-state index contributed by atoms with van der Waals surface area (Å²) in [5.74, 6) is -0.702. The lowest BCUT2D eigenvalue weighted by atomic mass is 9.97. The lowest BCUT2D eigenvalue weighted by Crippen LogP contribution is -2.34. The molecule has 0 spiro atoms. The van der Waals surface area contributed by atoms with E-state index in [1.165, 1.54) is 11.8 Å². The zero-order valence-electron chi connectivity index (χ0n) is 10.8. The number of hydrogen-bond donors (Lipinski definition) is 1. The standard InChI is InChI=1S/C14H19BrO2S/c1-3-9-14(10-4-2,13(16)17)18-12-8-6-5-7-11(12)15/h5-8H,3-4,9-10H2,1-2H3,(H,16,17). The van der Waals surface area contributed by atoms with Gasteiger partial charge in [0.15, 0.2) is 0 Å². The van der Waals surface area contributed by atoms with Crippen LogP contribution in [0.15, 0.2) is 33.6 Å². The molecule has 0 aliphatic rings. The molecule has 1 rings (SSSR count). The van der Waals surface area contributed by atoms with Crippen molar-refractivity contribution in [1.29, 1.82) is 0 Å². The lowest BCUT2D eigenvalue weighted by Gasteiger charge is -2.28. The molecule has 100 valence electrons. The monoisotopic (exact) mass is 330 g/mol. The first-order chi connectivity index (χ1) is 8.55. The van der Waals surface area contributed by atoms with E-state index in [-0.39, 0.29) is 0 Å². The number of thioether (sulfide) groups is 1. The Labute approximate surface area is 121 Å². The Balaban J connectivity index is 3.03. The van der Waals surface area contributed by atoms with E-state index in [9.17, 15) is 9.90 Å². The number of carbonyl (C=O) groups is 1. The average molecular weight is 331 g/mol. The van der Waals surface area contributed by atoms with Gasteiger partial charge in [-0.25, -0.2) is 0 Å². The Kier molecular flexibility index (Phi) is 6.22. The summed E-state index contributed by atoms with van der Waals surface area (Å²) in [6.07, 6.45) is 3.15. The van der Waals surface area contributed by atoms with Crippen molar-refractivity contribution in [3.8, 4) is 0 Å². The van der Waals surface area contributed by atoms with Crippen molar-refractivity contribution in [1.82, 2.24) is 0 Å². The van der Waals surface area contributed by atoms with Crippen LogP contribution in [0.2, 0.25) is 0 Å². The number of carboxylic acids is 1. The molecule has 2 nitrogen and oxygen atoms in total. The van der Waals surface area contributed by atoms with Gasteiger partial charge in [-0.15, -0.1) is 11.8 Å². The lowest BCUT2D eigenvalue weighted by molar-refractivity contribution is -0.140. The van der Waals surface area contributed by atoms with E-state index in [0.29, 0.717) is 12.8 Å². The molecule has 0 amide bonds. The van der Waals surface area contributed by atoms with Crippen molar-refractivity contribution >= 4 is 33.7 Å². The molecular weight excluding hydrogens is 312 g/mol. The normalized spacial score (nSPS) is 11.5. The summed E-state index contributed by atoms with van der Waals surface area (Å²) in [7, 11) is 0. The fraction of sp³-hybridized carbons (Fsp3) is 0.500. The first kappa shape index (κ1) is 15.6. The first-order valence-corrected chi connectivity index (χ1v) is 7.83. The van der Waals surface area contributed by atoms with Gasteiger partial charge in [0.05, 0.1) is 0 Å². The van der Waals surface area contributed by atoms with Gasteiger partial charge in [-0.1, -0.05) is 38.8 Å². The molecule has 0 unspecified atom stereocenters. The maximum absolute atomic E-state index is 11.7. The van der Waals surface area contributed by atoms with Crippen LogP contribution in [0.1, 0.15) is 39.5 Å². The van der Waals surface area contributed by atoms with E-state index in [1.807, 2.05) is 38.1 Å². The Morgan fingerprint density at radius 1 is 1.28 bits per heavy atom. The molecule has 1 N–H and O–H groups in total. The summed E-state index contributed by atoms with van der Waals surface area (Å²) in [6, 6.07) is 7.80. The van der Waals surface area contributed by atoms with Gasteiger partial charge in [-0.2, -0.15) is 0 Å². The van der Waals surface area contributed by atoms with Crippen molar-refractivity contribution in [2.24, 2.45) is 0 Å². The molecule has 0 aliphatic carbocycles. The van der Waals surface area contributed by atoms with Crippen LogP contribution in [0.5, 0.6) is 0 Å². The first-order valence-electron chi connectivity index (χ1n) is 6.22. The van der Waals surface area contributed by atoms with Crippen LogP contribution in [0.3, 0.4) is 0 Å². The Morgan fingerprint density at radius 3 is 2.28 bits per heavy atom. The van der Waals surface area contributed by atoms with Crippen LogP contribution in [0, 0.1) is 0 Å². The van der Waals surface area contributed by atoms with Crippen molar-refractivity contribution in [2.45, 2.75) is 49.2 Å². The number of rotatable bonds is 7. The maximum atomic E-state index is 11.7. The fourth-order valence-corrected chi connectivity index (χ4v) is 3.99. The molecular formula is C14H19BrO2S. The highest BCUT2D eigenvalue weighted by molar-refractivity contribution is 9.10. The fourth-order valence-electron chi connectivity index (χ4n) is 2.03. The second kappa shape index (κ2) is 7.19. The molecule has 0 saturated heterocycles. The van der Waals surface area contributed by atoms with Gasteiger partial charge in [0.2, 0.25) is 0 Å². The van der Waals surface area contributed by atoms with Crippen LogP contribution in [0.25, 0.3) is 0 Å². The molecule has 1 aromatic rings. The van der Waals surface area contributed by atoms with Crippen LogP contribution in [0.4, 0.5) is 0 Å². The molecule has 18 heavy (non-hydrogen) atoms. The van der Waals surface area contributed by atoms with Crippen molar-refractivity contribution in [3.05, 3.63) is 28.7 Å². The third kappa shape index (κ3) is 3.75. The Bertz CT molecular complexity index is 401. The minimum absolute atomic E-state index is 0.697. The van der Waals surface area contributed by atoms with E-state index in [4.69, 9.17) is 0 Å². The minimum atomic E-state index is -0.702. The number of hydrogen-bond acceptors (Lipinski definition) is 2. The summed E-state index contributed by atoms with van der Waals surface area (Å²) in [5.41, 5.74) is 0. The molecule has 0 heterocycles. The quantitative estimate of drug-likeness (QED) is 0.717. The topological polar surface area (TPSA) is 37.3 Å². The number of halogens is 1. The predicted molar refractivity (Wildman–Crippen MR) is 80.2 cm³/mol. The van der Waals surface area contributed by atoms with Gasteiger partial charge >= 0.3 is 5.97 Å². The molecule has 0 aliphatic heterocycles. The highest BCUT2D eigenvalue weighted by atomic mass is 79.9. The van der Waals surface area contributed by atoms with Crippen molar-refractivity contribution in [3.63, 3.8) is 0 Å². The van der Waals surface area contributed by atoms with Gasteiger partial charge in [0, 0.05) is 9.37 Å². The molecule has 0 radical (unpaired) electrons. The molecule has 0 bridgehead atoms. The summed E-state index contributed by atoms with van der Waals surface area (Å²) >= 11 is 4.96. The molecule has 0 aromatic heterocycles. The number of carboxylic acid groups (broad SMARTS) is 1. The summed E-state index contributed by atoms with van der Waals surface area (Å²) in [5, 5.41) is 9.60. The number of aliphatic carboxylic acids is 1. The Morgan fingerprint density at radius 2 is 1.83 bits per heavy atom. The summed E-state index contributed by atoms with van der Waals surface area (Å²) < 4.78 is 0.265. The second-order valence-electron chi connectivity index (χ2n) is 4.33. The maximum Gasteiger partial charge on any atom is 0.320 e. The highest BCUT2D eigenvalue weighted by Crippen LogP contribution is 2.43. The van der Waals surface area contributed by atoms with Crippen LogP contribution < -0.4 is 0 Å². The van der Waals surface area contributed by atoms with Gasteiger partial charge < -0.3 is 5.11 Å². The van der Waals surface area contributed by atoms with Gasteiger partial charge in [0.1, 0.15) is 4.75 Å². The summed E-state index contributed by atoms with van der Waals surface area (Å²) in [6.45, 7) is 4.07. The van der Waals surface area contributed by atoms with E-state index in [1.54, 1.807) is 0 Å². The second-order valence-corrected chi connectivity index (χ2v) is 6.61. The third-order valence-corrected chi connectivity index (χ3v) is 5.34. The van der Waals surface area contributed by atoms with E-state index >= 15 is 0 Å². The van der Waals surface area contributed by atoms with E-state index in [0.717, 1.165) is 22.2 Å². The van der Waals surface area contributed by atoms with Crippen LogP contribution in [-0.4, -0.2) is 15.8 Å². The predicted octanol–water partition coefficient (Wildman–Crippen LogP) is 4.96. The van der Waals surface area contributed by atoms with E-state index in [2.05, 4.69) is 15.9 Å². The zero-order chi connectivity index (χ0) is 13.6. The zero-order valence-corrected chi connectivity index (χ0v) is 13.2. The Hall–Kier alpha value is -0.480. The summed E-state index contributed by atoms with van der Waals surface area (Å²) in [4.78, 5) is 12.7. The largest absolute Gasteiger partial charge is 0.480 e. The van der Waals surface area contributed by atoms with Crippen molar-refractivity contribution < 1.29 is 9.90 Å². The SMILES string of the molecule is CCCC(CCC)(Sc1ccccc1Br)C(=O)O. The van der Waals surface area contributed by atoms with Gasteiger partial charge in [0.25, 0.3) is 0 Å². The van der Waals surface area contributed by atoms with Crippen LogP contribution in [-0.2, 0) is 4.79 Å². The van der Waals surface area contributed by atoms with Gasteiger partial charge in [-0.3, -0.25) is 4.79 Å². The molecule has 0 fully saturated rings. The van der Waals surface area contributed by atoms with Crippen molar-refractivity contribution in [2.75, 3.05) is 0 Å². The number of benzene rings is 1. The molecule has 1 aromatic carbocycles. The third-order valence-electron chi connectivity index (χ3n) is 2.84. The highest BCUT2D eigenvalue weighted by Gasteiger charge is 2.38. The average Bonchev–Trinajstić information content (AvgIpc) is 2.32. The molecule has 0 saturated carbocycles. The molecule has 0 atom stereocenters. The molecule has 4 heteroatoms. The van der Waals surface area contributed by atoms with Crippen LogP contribution >= 0.6 is 27.7 Å². The smallest absolute Gasteiger partial charge is 0.320 e. The van der Waals surface area contributed by atoms with E-state index < -0.39 is 10.7 Å². The van der Waals surface area contributed by atoms with Gasteiger partial charge in [-0.05, 0) is 40.9 Å².